The van der Waals surface area contributed by atoms with Gasteiger partial charge >= 0.3 is 0 Å². The van der Waals surface area contributed by atoms with E-state index in [1.54, 1.807) is 18.5 Å². The Hall–Kier alpha value is -2.23. The Morgan fingerprint density at radius 3 is 2.60 bits per heavy atom. The van der Waals surface area contributed by atoms with Crippen LogP contribution in [0.5, 0.6) is 0 Å². The lowest BCUT2D eigenvalue weighted by atomic mass is 10.0. The second-order valence-corrected chi connectivity index (χ2v) is 5.05. The van der Waals surface area contributed by atoms with E-state index in [1.807, 2.05) is 24.3 Å². The predicted molar refractivity (Wildman–Crippen MR) is 82.4 cm³/mol. The largest absolute Gasteiger partial charge is 0.383 e. The van der Waals surface area contributed by atoms with E-state index < -0.39 is 0 Å². The summed E-state index contributed by atoms with van der Waals surface area (Å²) in [5, 5.41) is 6.37. The second kappa shape index (κ2) is 6.80. The molecule has 0 unspecified atom stereocenters. The number of hydrogen-bond acceptors (Lipinski definition) is 4. The number of nitroso groups, excluding NO2 is 1. The Bertz CT molecular complexity index is 567. The maximum Gasteiger partial charge on any atom is 0.131 e. The third-order valence-corrected chi connectivity index (χ3v) is 3.26. The molecule has 4 heteroatoms. The molecule has 20 heavy (non-hydrogen) atoms. The molecule has 1 N–H and O–H groups in total. The number of aromatic nitrogens is 1. The van der Waals surface area contributed by atoms with E-state index in [2.05, 4.69) is 29.3 Å². The third-order valence-electron chi connectivity index (χ3n) is 3.26. The predicted octanol–water partition coefficient (Wildman–Crippen LogP) is 4.26. The molecule has 0 bridgehead atoms. The first kappa shape index (κ1) is 14.2. The van der Waals surface area contributed by atoms with Crippen molar-refractivity contribution >= 4 is 11.4 Å². The zero-order valence-electron chi connectivity index (χ0n) is 11.8. The maximum atomic E-state index is 10.8. The molecule has 0 saturated heterocycles. The van der Waals surface area contributed by atoms with E-state index in [0.29, 0.717) is 11.6 Å². The Morgan fingerprint density at radius 1 is 1.20 bits per heavy atom. The minimum atomic E-state index is 0.427. The van der Waals surface area contributed by atoms with Gasteiger partial charge in [-0.25, -0.2) is 0 Å². The number of anilines is 1. The van der Waals surface area contributed by atoms with Crippen LogP contribution in [0.3, 0.4) is 0 Å². The lowest BCUT2D eigenvalue weighted by Crippen LogP contribution is -2.05. The molecule has 0 atom stereocenters. The van der Waals surface area contributed by atoms with Crippen molar-refractivity contribution in [3.63, 3.8) is 0 Å². The van der Waals surface area contributed by atoms with Crippen molar-refractivity contribution in [1.29, 1.82) is 0 Å². The molecular weight excluding hydrogens is 250 g/mol. The first-order valence-electron chi connectivity index (χ1n) is 6.81. The molecule has 1 aromatic carbocycles. The fraction of sp³-hybridized carbons (Fsp3) is 0.312. The normalized spacial score (nSPS) is 10.6. The molecule has 2 rings (SSSR count). The fourth-order valence-corrected chi connectivity index (χ4v) is 2.02. The van der Waals surface area contributed by atoms with Crippen LogP contribution in [0.1, 0.15) is 30.9 Å². The molecule has 0 saturated carbocycles. The van der Waals surface area contributed by atoms with E-state index in [1.165, 1.54) is 11.1 Å². The minimum Gasteiger partial charge on any atom is -0.383 e. The van der Waals surface area contributed by atoms with Crippen LogP contribution in [-0.4, -0.2) is 11.5 Å². The number of pyridine rings is 1. The van der Waals surface area contributed by atoms with Gasteiger partial charge in [-0.1, -0.05) is 19.9 Å². The number of benzene rings is 1. The molecule has 0 aliphatic carbocycles. The number of hydrogen-bond donors (Lipinski definition) is 1. The molecule has 1 heterocycles. The summed E-state index contributed by atoms with van der Waals surface area (Å²) in [6.07, 6.45) is 4.45. The zero-order valence-corrected chi connectivity index (χ0v) is 11.8. The molecule has 1 aromatic heterocycles. The van der Waals surface area contributed by atoms with Crippen molar-refractivity contribution in [3.05, 3.63) is 58.8 Å². The van der Waals surface area contributed by atoms with Crippen molar-refractivity contribution in [2.24, 2.45) is 5.18 Å². The van der Waals surface area contributed by atoms with Gasteiger partial charge < -0.3 is 5.32 Å². The zero-order chi connectivity index (χ0) is 14.4. The molecule has 2 aromatic rings. The van der Waals surface area contributed by atoms with Crippen molar-refractivity contribution < 1.29 is 0 Å². The Kier molecular flexibility index (Phi) is 4.82. The highest BCUT2D eigenvalue weighted by atomic mass is 16.3. The van der Waals surface area contributed by atoms with Crippen LogP contribution < -0.4 is 5.32 Å². The SMILES string of the molecule is CC(C)c1ccc(N=O)c(NCCc2ccncc2)c1. The average Bonchev–Trinajstić information content (AvgIpc) is 2.48. The number of nitrogens with zero attached hydrogens (tertiary/aromatic N) is 2. The van der Waals surface area contributed by atoms with Crippen molar-refractivity contribution in [2.75, 3.05) is 11.9 Å². The lowest BCUT2D eigenvalue weighted by molar-refractivity contribution is 0.866. The Morgan fingerprint density at radius 2 is 1.95 bits per heavy atom. The van der Waals surface area contributed by atoms with Crippen molar-refractivity contribution in [3.8, 4) is 0 Å². The van der Waals surface area contributed by atoms with Gasteiger partial charge in [0.15, 0.2) is 0 Å². The molecule has 0 amide bonds. The summed E-state index contributed by atoms with van der Waals surface area (Å²) in [7, 11) is 0. The van der Waals surface area contributed by atoms with E-state index in [0.717, 1.165) is 18.7 Å². The summed E-state index contributed by atoms with van der Waals surface area (Å²) in [4.78, 5) is 14.8. The highest BCUT2D eigenvalue weighted by Gasteiger charge is 2.06. The summed E-state index contributed by atoms with van der Waals surface area (Å²) >= 11 is 0. The van der Waals surface area contributed by atoms with Gasteiger partial charge in [0.05, 0.1) is 5.69 Å². The average molecular weight is 269 g/mol. The number of nitrogens with one attached hydrogen (secondary N) is 1. The first-order chi connectivity index (χ1) is 9.70. The van der Waals surface area contributed by atoms with Crippen LogP contribution in [0.25, 0.3) is 0 Å². The fourth-order valence-electron chi connectivity index (χ4n) is 2.02. The van der Waals surface area contributed by atoms with E-state index in [9.17, 15) is 4.91 Å². The minimum absolute atomic E-state index is 0.427. The van der Waals surface area contributed by atoms with Crippen molar-refractivity contribution in [1.82, 2.24) is 4.98 Å². The third kappa shape index (κ3) is 3.63. The maximum absolute atomic E-state index is 10.8. The van der Waals surface area contributed by atoms with E-state index in [4.69, 9.17) is 0 Å². The van der Waals surface area contributed by atoms with Gasteiger partial charge in [0.25, 0.3) is 0 Å². The van der Waals surface area contributed by atoms with E-state index >= 15 is 0 Å². The van der Waals surface area contributed by atoms with Crippen LogP contribution in [0.4, 0.5) is 11.4 Å². The molecule has 0 fully saturated rings. The Labute approximate surface area is 119 Å². The molecule has 0 aliphatic rings. The van der Waals surface area contributed by atoms with Gasteiger partial charge in [-0.2, -0.15) is 0 Å². The van der Waals surface area contributed by atoms with Crippen LogP contribution >= 0.6 is 0 Å². The van der Waals surface area contributed by atoms with Gasteiger partial charge in [0.2, 0.25) is 0 Å². The molecule has 4 nitrogen and oxygen atoms in total. The lowest BCUT2D eigenvalue weighted by Gasteiger charge is -2.12. The highest BCUT2D eigenvalue weighted by Crippen LogP contribution is 2.28. The topological polar surface area (TPSA) is 54.4 Å². The summed E-state index contributed by atoms with van der Waals surface area (Å²) < 4.78 is 0. The van der Waals surface area contributed by atoms with Gasteiger partial charge in [-0.3, -0.25) is 4.98 Å². The van der Waals surface area contributed by atoms with Gasteiger partial charge in [0, 0.05) is 18.9 Å². The molecule has 104 valence electrons. The molecular formula is C16H19N3O. The summed E-state index contributed by atoms with van der Waals surface area (Å²) in [6.45, 7) is 5.02. The second-order valence-electron chi connectivity index (χ2n) is 5.05. The van der Waals surface area contributed by atoms with Crippen LogP contribution in [-0.2, 0) is 6.42 Å². The monoisotopic (exact) mass is 269 g/mol. The molecule has 0 aliphatic heterocycles. The van der Waals surface area contributed by atoms with Gasteiger partial charge in [0.1, 0.15) is 5.69 Å². The molecule has 0 spiro atoms. The van der Waals surface area contributed by atoms with Crippen LogP contribution in [0, 0.1) is 4.91 Å². The van der Waals surface area contributed by atoms with Crippen LogP contribution in [0.15, 0.2) is 47.9 Å². The van der Waals surface area contributed by atoms with Gasteiger partial charge in [-0.15, -0.1) is 4.91 Å². The summed E-state index contributed by atoms with van der Waals surface area (Å²) in [5.74, 6) is 0.427. The quantitative estimate of drug-likeness (QED) is 0.797. The standard InChI is InChI=1S/C16H19N3O/c1-12(2)14-3-4-15(19-20)16(11-14)18-10-7-13-5-8-17-9-6-13/h3-6,8-9,11-12,18H,7,10H2,1-2H3. The van der Waals surface area contributed by atoms with Gasteiger partial charge in [-0.05, 0) is 52.9 Å². The van der Waals surface area contributed by atoms with E-state index in [-0.39, 0.29) is 0 Å². The first-order valence-corrected chi connectivity index (χ1v) is 6.81. The Balaban J connectivity index is 2.04. The molecule has 0 radical (unpaired) electrons. The number of rotatable bonds is 6. The summed E-state index contributed by atoms with van der Waals surface area (Å²) in [6, 6.07) is 9.72. The summed E-state index contributed by atoms with van der Waals surface area (Å²) in [5.41, 5.74) is 3.68. The van der Waals surface area contributed by atoms with Crippen molar-refractivity contribution in [2.45, 2.75) is 26.2 Å². The highest BCUT2D eigenvalue weighted by molar-refractivity contribution is 5.66. The smallest absolute Gasteiger partial charge is 0.131 e. The van der Waals surface area contributed by atoms with Crippen LogP contribution in [0.2, 0.25) is 0 Å².